The van der Waals surface area contributed by atoms with Crippen molar-refractivity contribution in [3.8, 4) is 22.5 Å². The van der Waals surface area contributed by atoms with Gasteiger partial charge in [0.25, 0.3) is 0 Å². The van der Waals surface area contributed by atoms with E-state index in [1.54, 1.807) is 31.2 Å². The lowest BCUT2D eigenvalue weighted by atomic mass is 9.88. The van der Waals surface area contributed by atoms with Crippen LogP contribution in [0.5, 0.6) is 0 Å². The van der Waals surface area contributed by atoms with Gasteiger partial charge >= 0.3 is 0 Å². The molecule has 0 saturated heterocycles. The maximum atomic E-state index is 13.5. The third kappa shape index (κ3) is 4.70. The van der Waals surface area contributed by atoms with E-state index < -0.39 is 0 Å². The summed E-state index contributed by atoms with van der Waals surface area (Å²) < 4.78 is 19.7. The third-order valence-corrected chi connectivity index (χ3v) is 8.06. The van der Waals surface area contributed by atoms with E-state index in [2.05, 4.69) is 12.1 Å². The van der Waals surface area contributed by atoms with Crippen LogP contribution in [-0.4, -0.2) is 11.6 Å². The number of Topliss-reactive ketones (excluding diaryl/α,β-unsaturated/α-hetero) is 2. The molecular formula is C34H26ClFO3. The molecule has 0 amide bonds. The molecule has 1 aliphatic carbocycles. The number of ketones is 2. The van der Waals surface area contributed by atoms with E-state index in [0.29, 0.717) is 56.8 Å². The highest BCUT2D eigenvalue weighted by atomic mass is 35.5. The lowest BCUT2D eigenvalue weighted by Gasteiger charge is -2.15. The van der Waals surface area contributed by atoms with Crippen molar-refractivity contribution >= 4 is 34.1 Å². The van der Waals surface area contributed by atoms with Crippen LogP contribution in [0.3, 0.4) is 0 Å². The summed E-state index contributed by atoms with van der Waals surface area (Å²) in [6.07, 6.45) is 2.76. The third-order valence-electron chi connectivity index (χ3n) is 7.73. The van der Waals surface area contributed by atoms with Crippen LogP contribution in [0.1, 0.15) is 58.9 Å². The zero-order valence-electron chi connectivity index (χ0n) is 21.5. The Balaban J connectivity index is 1.39. The molecule has 0 atom stereocenters. The number of halogens is 2. The number of hydrogen-bond acceptors (Lipinski definition) is 3. The van der Waals surface area contributed by atoms with Gasteiger partial charge in [0, 0.05) is 45.4 Å². The highest BCUT2D eigenvalue weighted by molar-refractivity contribution is 6.33. The van der Waals surface area contributed by atoms with Crippen LogP contribution in [-0.2, 0) is 5.41 Å². The van der Waals surface area contributed by atoms with Crippen molar-refractivity contribution in [3.63, 3.8) is 0 Å². The molecule has 0 aliphatic heterocycles. The fraction of sp³-hybridized carbons (Fsp3) is 0.176. The maximum Gasteiger partial charge on any atom is 0.167 e. The molecule has 0 spiro atoms. The van der Waals surface area contributed by atoms with Crippen LogP contribution >= 0.6 is 11.6 Å². The van der Waals surface area contributed by atoms with E-state index in [0.717, 1.165) is 18.4 Å². The molecule has 0 bridgehead atoms. The molecule has 3 nitrogen and oxygen atoms in total. The first-order chi connectivity index (χ1) is 18.9. The molecule has 5 heteroatoms. The molecule has 6 rings (SSSR count). The SMILES string of the molecule is CCC(=O)c1c(-c2ccc(F)cc2)oc2ccc(-c3cc(C(=O)CC4(c5ccccc5)CC4)ccc3Cl)cc12. The second kappa shape index (κ2) is 9.94. The molecule has 1 saturated carbocycles. The first-order valence-corrected chi connectivity index (χ1v) is 13.5. The number of carbonyl (C=O) groups excluding carboxylic acids is 2. The van der Waals surface area contributed by atoms with Gasteiger partial charge in [-0.1, -0.05) is 54.9 Å². The van der Waals surface area contributed by atoms with Gasteiger partial charge in [-0.25, -0.2) is 4.39 Å². The molecule has 194 valence electrons. The Labute approximate surface area is 231 Å². The molecular weight excluding hydrogens is 511 g/mol. The topological polar surface area (TPSA) is 47.3 Å². The highest BCUT2D eigenvalue weighted by Gasteiger charge is 2.45. The minimum Gasteiger partial charge on any atom is -0.455 e. The lowest BCUT2D eigenvalue weighted by Crippen LogP contribution is -2.13. The normalized spacial score (nSPS) is 13.9. The Hall–Kier alpha value is -4.02. The molecule has 1 heterocycles. The van der Waals surface area contributed by atoms with Crippen molar-refractivity contribution in [1.82, 2.24) is 0 Å². The van der Waals surface area contributed by atoms with Crippen molar-refractivity contribution in [2.45, 2.75) is 38.0 Å². The summed E-state index contributed by atoms with van der Waals surface area (Å²) in [6.45, 7) is 1.80. The predicted molar refractivity (Wildman–Crippen MR) is 153 cm³/mol. The quantitative estimate of drug-likeness (QED) is 0.185. The van der Waals surface area contributed by atoms with Gasteiger partial charge in [0.2, 0.25) is 0 Å². The second-order valence-electron chi connectivity index (χ2n) is 10.2. The van der Waals surface area contributed by atoms with E-state index in [-0.39, 0.29) is 22.8 Å². The van der Waals surface area contributed by atoms with Crippen molar-refractivity contribution in [2.75, 3.05) is 0 Å². The van der Waals surface area contributed by atoms with Crippen LogP contribution < -0.4 is 0 Å². The number of furan rings is 1. The van der Waals surface area contributed by atoms with Gasteiger partial charge in [-0.05, 0) is 78.6 Å². The summed E-state index contributed by atoms with van der Waals surface area (Å²) >= 11 is 6.64. The summed E-state index contributed by atoms with van der Waals surface area (Å²) in [6, 6.07) is 27.1. The van der Waals surface area contributed by atoms with Gasteiger partial charge < -0.3 is 4.42 Å². The van der Waals surface area contributed by atoms with Gasteiger partial charge in [-0.3, -0.25) is 9.59 Å². The molecule has 4 aromatic carbocycles. The average molecular weight is 537 g/mol. The Bertz CT molecular complexity index is 1710. The van der Waals surface area contributed by atoms with E-state index >= 15 is 0 Å². The fourth-order valence-electron chi connectivity index (χ4n) is 5.36. The van der Waals surface area contributed by atoms with Gasteiger partial charge in [-0.15, -0.1) is 0 Å². The number of hydrogen-bond donors (Lipinski definition) is 0. The van der Waals surface area contributed by atoms with Gasteiger partial charge in [0.15, 0.2) is 11.6 Å². The van der Waals surface area contributed by atoms with Crippen LogP contribution in [0.2, 0.25) is 5.02 Å². The van der Waals surface area contributed by atoms with Crippen LogP contribution in [0, 0.1) is 5.82 Å². The lowest BCUT2D eigenvalue weighted by molar-refractivity contribution is 0.0967. The Morgan fingerprint density at radius 2 is 1.59 bits per heavy atom. The van der Waals surface area contributed by atoms with Gasteiger partial charge in [-0.2, -0.15) is 0 Å². The summed E-state index contributed by atoms with van der Waals surface area (Å²) in [7, 11) is 0. The van der Waals surface area contributed by atoms with Crippen molar-refractivity contribution < 1.29 is 18.4 Å². The first kappa shape index (κ1) is 25.3. The van der Waals surface area contributed by atoms with Gasteiger partial charge in [0.1, 0.15) is 17.2 Å². The van der Waals surface area contributed by atoms with Crippen molar-refractivity contribution in [1.29, 1.82) is 0 Å². The van der Waals surface area contributed by atoms with E-state index in [9.17, 15) is 14.0 Å². The van der Waals surface area contributed by atoms with E-state index in [1.165, 1.54) is 17.7 Å². The molecule has 1 fully saturated rings. The van der Waals surface area contributed by atoms with Crippen molar-refractivity contribution in [2.24, 2.45) is 0 Å². The molecule has 39 heavy (non-hydrogen) atoms. The van der Waals surface area contributed by atoms with E-state index in [4.69, 9.17) is 16.0 Å². The van der Waals surface area contributed by atoms with Crippen LogP contribution in [0.25, 0.3) is 33.4 Å². The minimum absolute atomic E-state index is 0.0732. The largest absolute Gasteiger partial charge is 0.455 e. The number of benzene rings is 4. The molecule has 1 aromatic heterocycles. The van der Waals surface area contributed by atoms with E-state index in [1.807, 2.05) is 42.5 Å². The zero-order valence-corrected chi connectivity index (χ0v) is 22.2. The molecule has 0 unspecified atom stereocenters. The number of rotatable bonds is 8. The maximum absolute atomic E-state index is 13.5. The molecule has 1 aliphatic rings. The zero-order chi connectivity index (χ0) is 27.1. The summed E-state index contributed by atoms with van der Waals surface area (Å²) in [4.78, 5) is 26.5. The summed E-state index contributed by atoms with van der Waals surface area (Å²) in [5.41, 5.74) is 4.88. The van der Waals surface area contributed by atoms with Crippen LogP contribution in [0.4, 0.5) is 4.39 Å². The van der Waals surface area contributed by atoms with Crippen LogP contribution in [0.15, 0.2) is 95.4 Å². The van der Waals surface area contributed by atoms with Gasteiger partial charge in [0.05, 0.1) is 5.56 Å². The van der Waals surface area contributed by atoms with Crippen molar-refractivity contribution in [3.05, 3.63) is 119 Å². The average Bonchev–Trinajstić information content (AvgIpc) is 3.65. The smallest absolute Gasteiger partial charge is 0.167 e. The number of fused-ring (bicyclic) bond motifs is 1. The minimum atomic E-state index is -0.360. The molecule has 0 N–H and O–H groups in total. The first-order valence-electron chi connectivity index (χ1n) is 13.1. The second-order valence-corrected chi connectivity index (χ2v) is 10.6. The summed E-state index contributed by atoms with van der Waals surface area (Å²) in [5, 5.41) is 1.17. The standard InChI is InChI=1S/C34H26ClFO3/c1-2-29(37)32-27-18-22(11-15-31(27)39-33(32)21-8-12-25(36)13-9-21)26-19-23(10-14-28(26)35)30(38)20-34(16-17-34)24-6-4-3-5-7-24/h3-15,18-19H,2,16-17,20H2,1H3. The molecule has 5 aromatic rings. The summed E-state index contributed by atoms with van der Waals surface area (Å²) in [5.74, 6) is 0.0654. The highest BCUT2D eigenvalue weighted by Crippen LogP contribution is 2.51. The fourth-order valence-corrected chi connectivity index (χ4v) is 5.59. The Kier molecular flexibility index (Phi) is 6.44. The predicted octanol–water partition coefficient (Wildman–Crippen LogP) is 9.46. The Morgan fingerprint density at radius 1 is 0.872 bits per heavy atom. The Morgan fingerprint density at radius 3 is 2.28 bits per heavy atom. The monoisotopic (exact) mass is 536 g/mol. The molecule has 0 radical (unpaired) electrons. The number of carbonyl (C=O) groups is 2.